The molecule has 4 nitrogen and oxygen atoms in total. The van der Waals surface area contributed by atoms with Crippen molar-refractivity contribution in [3.63, 3.8) is 0 Å². The van der Waals surface area contributed by atoms with Gasteiger partial charge >= 0.3 is 0 Å². The fourth-order valence-corrected chi connectivity index (χ4v) is 1.46. The smallest absolute Gasteiger partial charge is 0.139 e. The molecule has 0 amide bonds. The maximum Gasteiger partial charge on any atom is 0.139 e. The molecule has 0 aliphatic carbocycles. The van der Waals surface area contributed by atoms with Crippen LogP contribution >= 0.6 is 0 Å². The third-order valence-corrected chi connectivity index (χ3v) is 2.45. The van der Waals surface area contributed by atoms with Crippen molar-refractivity contribution in [3.05, 3.63) is 35.1 Å². The summed E-state index contributed by atoms with van der Waals surface area (Å²) in [5, 5.41) is 7.26. The highest BCUT2D eigenvalue weighted by molar-refractivity contribution is 5.95. The second-order valence-electron chi connectivity index (χ2n) is 3.97. The summed E-state index contributed by atoms with van der Waals surface area (Å²) >= 11 is 0. The van der Waals surface area contributed by atoms with Crippen molar-refractivity contribution in [1.82, 2.24) is 0 Å². The summed E-state index contributed by atoms with van der Waals surface area (Å²) in [7, 11) is 0. The highest BCUT2D eigenvalue weighted by Crippen LogP contribution is 2.14. The van der Waals surface area contributed by atoms with Gasteiger partial charge in [-0.25, -0.2) is 4.39 Å². The van der Waals surface area contributed by atoms with E-state index in [0.717, 1.165) is 0 Å². The normalized spacial score (nSPS) is 12.4. The van der Waals surface area contributed by atoms with Crippen LogP contribution in [0.1, 0.15) is 25.0 Å². The van der Waals surface area contributed by atoms with Gasteiger partial charge in [0.15, 0.2) is 0 Å². The van der Waals surface area contributed by atoms with Gasteiger partial charge in [-0.1, -0.05) is 12.1 Å². The van der Waals surface area contributed by atoms with Crippen molar-refractivity contribution in [3.8, 4) is 0 Å². The van der Waals surface area contributed by atoms with E-state index in [1.165, 1.54) is 6.07 Å². The van der Waals surface area contributed by atoms with E-state index < -0.39 is 5.82 Å². The molecule has 0 aromatic heterocycles. The largest absolute Gasteiger partial charge is 0.384 e. The molecule has 1 atom stereocenters. The van der Waals surface area contributed by atoms with Gasteiger partial charge in [0.05, 0.1) is 24.9 Å². The summed E-state index contributed by atoms with van der Waals surface area (Å²) in [5.74, 6) is -0.773. The second-order valence-corrected chi connectivity index (χ2v) is 3.97. The number of nitrogen functional groups attached to an aromatic ring is 1. The predicted octanol–water partition coefficient (Wildman–Crippen LogP) is 2.05. The van der Waals surface area contributed by atoms with E-state index in [4.69, 9.17) is 20.6 Å². The highest BCUT2D eigenvalue weighted by atomic mass is 19.1. The molecule has 0 heterocycles. The molecule has 0 aliphatic heterocycles. The maximum atomic E-state index is 13.9. The van der Waals surface area contributed by atoms with Crippen molar-refractivity contribution in [1.29, 1.82) is 5.41 Å². The molecule has 100 valence electrons. The van der Waals surface area contributed by atoms with E-state index in [1.54, 1.807) is 12.1 Å². The first-order valence-corrected chi connectivity index (χ1v) is 5.87. The van der Waals surface area contributed by atoms with Crippen LogP contribution in [0.2, 0.25) is 0 Å². The Morgan fingerprint density at radius 1 is 1.50 bits per heavy atom. The van der Waals surface area contributed by atoms with Crippen molar-refractivity contribution in [2.24, 2.45) is 5.73 Å². The van der Waals surface area contributed by atoms with Crippen LogP contribution in [0.3, 0.4) is 0 Å². The lowest BCUT2D eigenvalue weighted by molar-refractivity contribution is -0.0125. The quantitative estimate of drug-likeness (QED) is 0.578. The van der Waals surface area contributed by atoms with E-state index >= 15 is 0 Å². The molecule has 0 saturated carbocycles. The van der Waals surface area contributed by atoms with Gasteiger partial charge in [0.2, 0.25) is 0 Å². The minimum Gasteiger partial charge on any atom is -0.384 e. The molecule has 1 unspecified atom stereocenters. The Kier molecular flexibility index (Phi) is 5.74. The van der Waals surface area contributed by atoms with E-state index in [2.05, 4.69) is 0 Å². The third-order valence-electron chi connectivity index (χ3n) is 2.45. The van der Waals surface area contributed by atoms with Crippen LogP contribution in [0, 0.1) is 11.2 Å². The van der Waals surface area contributed by atoms with E-state index in [-0.39, 0.29) is 24.1 Å². The van der Waals surface area contributed by atoms with Gasteiger partial charge in [-0.15, -0.1) is 0 Å². The fourth-order valence-electron chi connectivity index (χ4n) is 1.46. The molecule has 3 N–H and O–H groups in total. The molecular formula is C13H19FN2O2. The first-order valence-electron chi connectivity index (χ1n) is 5.87. The lowest BCUT2D eigenvalue weighted by atomic mass is 10.1. The number of benzene rings is 1. The first kappa shape index (κ1) is 14.6. The molecule has 0 aliphatic rings. The number of hydrogen-bond donors (Lipinski definition) is 2. The van der Waals surface area contributed by atoms with E-state index in [0.29, 0.717) is 18.8 Å². The third kappa shape index (κ3) is 4.09. The number of hydrogen-bond acceptors (Lipinski definition) is 3. The topological polar surface area (TPSA) is 68.3 Å². The maximum absolute atomic E-state index is 13.9. The summed E-state index contributed by atoms with van der Waals surface area (Å²) in [6.45, 7) is 5.01. The van der Waals surface area contributed by atoms with Crippen LogP contribution in [-0.4, -0.2) is 25.2 Å². The Labute approximate surface area is 106 Å². The number of ether oxygens (including phenoxy) is 2. The molecule has 0 radical (unpaired) electrons. The molecule has 5 heteroatoms. The average Bonchev–Trinajstić information content (AvgIpc) is 2.34. The monoisotopic (exact) mass is 254 g/mol. The van der Waals surface area contributed by atoms with Crippen LogP contribution in [0.5, 0.6) is 0 Å². The van der Waals surface area contributed by atoms with Crippen molar-refractivity contribution in [2.75, 3.05) is 13.2 Å². The van der Waals surface area contributed by atoms with Crippen molar-refractivity contribution < 1.29 is 13.9 Å². The van der Waals surface area contributed by atoms with Crippen LogP contribution in [0.4, 0.5) is 4.39 Å². The molecular weight excluding hydrogens is 235 g/mol. The Morgan fingerprint density at radius 2 is 2.22 bits per heavy atom. The lowest BCUT2D eigenvalue weighted by Crippen LogP contribution is -2.18. The van der Waals surface area contributed by atoms with Gasteiger partial charge < -0.3 is 15.2 Å². The number of nitrogens with two attached hydrogens (primary N) is 1. The Balaban J connectivity index is 2.62. The van der Waals surface area contributed by atoms with E-state index in [9.17, 15) is 4.39 Å². The minimum absolute atomic E-state index is 0.105. The summed E-state index contributed by atoms with van der Waals surface area (Å²) in [6, 6.07) is 4.76. The van der Waals surface area contributed by atoms with Crippen LogP contribution in [0.15, 0.2) is 18.2 Å². The summed E-state index contributed by atoms with van der Waals surface area (Å²) < 4.78 is 24.6. The van der Waals surface area contributed by atoms with Gasteiger partial charge in [-0.05, 0) is 19.9 Å². The highest BCUT2D eigenvalue weighted by Gasteiger charge is 2.11. The molecule has 0 saturated heterocycles. The second kappa shape index (κ2) is 7.08. The van der Waals surface area contributed by atoms with Gasteiger partial charge in [0.1, 0.15) is 11.7 Å². The summed E-state index contributed by atoms with van der Waals surface area (Å²) in [5.41, 5.74) is 5.79. The first-order chi connectivity index (χ1) is 8.56. The zero-order valence-electron chi connectivity index (χ0n) is 10.7. The van der Waals surface area contributed by atoms with Gasteiger partial charge in [-0.3, -0.25) is 5.41 Å². The Bertz CT molecular complexity index is 410. The number of amidine groups is 1. The van der Waals surface area contributed by atoms with Crippen LogP contribution in [0.25, 0.3) is 0 Å². The predicted molar refractivity (Wildman–Crippen MR) is 68.2 cm³/mol. The SMILES string of the molecule is CCOCC(C)OCc1cccc(C(=N)N)c1F. The fraction of sp³-hybridized carbons (Fsp3) is 0.462. The Hall–Kier alpha value is -1.46. The summed E-state index contributed by atoms with van der Waals surface area (Å²) in [4.78, 5) is 0. The van der Waals surface area contributed by atoms with Crippen LogP contribution in [-0.2, 0) is 16.1 Å². The van der Waals surface area contributed by atoms with Gasteiger partial charge in [0, 0.05) is 12.2 Å². The van der Waals surface area contributed by atoms with Crippen molar-refractivity contribution >= 4 is 5.84 Å². The van der Waals surface area contributed by atoms with Crippen LogP contribution < -0.4 is 5.73 Å². The zero-order valence-corrected chi connectivity index (χ0v) is 10.7. The standard InChI is InChI=1S/C13H19FN2O2/c1-3-17-7-9(2)18-8-10-5-4-6-11(12(10)14)13(15)16/h4-6,9H,3,7-8H2,1-2H3,(H3,15,16). The summed E-state index contributed by atoms with van der Waals surface area (Å²) in [6.07, 6.45) is -0.106. The zero-order chi connectivity index (χ0) is 13.5. The number of nitrogens with one attached hydrogen (secondary N) is 1. The molecule has 1 aromatic rings. The molecule has 1 rings (SSSR count). The number of rotatable bonds is 7. The Morgan fingerprint density at radius 3 is 2.83 bits per heavy atom. The average molecular weight is 254 g/mol. The molecule has 0 bridgehead atoms. The molecule has 18 heavy (non-hydrogen) atoms. The van der Waals surface area contributed by atoms with E-state index in [1.807, 2.05) is 13.8 Å². The number of halogens is 1. The molecule has 1 aromatic carbocycles. The molecule has 0 fully saturated rings. The minimum atomic E-state index is -0.492. The van der Waals surface area contributed by atoms with Crippen molar-refractivity contribution in [2.45, 2.75) is 26.6 Å². The lowest BCUT2D eigenvalue weighted by Gasteiger charge is -2.14. The van der Waals surface area contributed by atoms with Gasteiger partial charge in [-0.2, -0.15) is 0 Å². The molecule has 0 spiro atoms. The van der Waals surface area contributed by atoms with Gasteiger partial charge in [0.25, 0.3) is 0 Å².